The Balaban J connectivity index is 1.84. The van der Waals surface area contributed by atoms with Crippen molar-refractivity contribution in [1.29, 1.82) is 0 Å². The molecule has 1 amide bonds. The summed E-state index contributed by atoms with van der Waals surface area (Å²) in [4.78, 5) is 14.5. The van der Waals surface area contributed by atoms with Crippen LogP contribution in [0.25, 0.3) is 0 Å². The molecular formula is C16H22Cl2N2O2. The van der Waals surface area contributed by atoms with Crippen molar-refractivity contribution in [3.8, 4) is 5.75 Å². The molecule has 122 valence electrons. The monoisotopic (exact) mass is 344 g/mol. The molecule has 22 heavy (non-hydrogen) atoms. The average molecular weight is 345 g/mol. The number of rotatable bonds is 6. The van der Waals surface area contributed by atoms with E-state index in [4.69, 9.17) is 27.9 Å². The Bertz CT molecular complexity index is 525. The highest BCUT2D eigenvalue weighted by Crippen LogP contribution is 2.28. The number of hydrogen-bond acceptors (Lipinski definition) is 3. The molecule has 0 spiro atoms. The van der Waals surface area contributed by atoms with E-state index in [0.29, 0.717) is 28.4 Å². The van der Waals surface area contributed by atoms with Crippen molar-refractivity contribution in [1.82, 2.24) is 10.2 Å². The lowest BCUT2D eigenvalue weighted by molar-refractivity contribution is -0.127. The SMILES string of the molecule is CCN1CCC[C@@H]1CNC(=O)[C@H](C)Oc1ccc(Cl)cc1Cl. The van der Waals surface area contributed by atoms with Crippen molar-refractivity contribution >= 4 is 29.1 Å². The third-order valence-electron chi connectivity index (χ3n) is 3.98. The Labute approximate surface area is 141 Å². The van der Waals surface area contributed by atoms with E-state index in [0.717, 1.165) is 19.5 Å². The summed E-state index contributed by atoms with van der Waals surface area (Å²) in [5, 5.41) is 3.91. The maximum absolute atomic E-state index is 12.2. The van der Waals surface area contributed by atoms with Crippen LogP contribution in [0.5, 0.6) is 5.75 Å². The van der Waals surface area contributed by atoms with Gasteiger partial charge in [-0.2, -0.15) is 0 Å². The number of likely N-dealkylation sites (tertiary alicyclic amines) is 1. The highest BCUT2D eigenvalue weighted by molar-refractivity contribution is 6.35. The van der Waals surface area contributed by atoms with Crippen molar-refractivity contribution < 1.29 is 9.53 Å². The Morgan fingerprint density at radius 2 is 2.27 bits per heavy atom. The average Bonchev–Trinajstić information content (AvgIpc) is 2.95. The summed E-state index contributed by atoms with van der Waals surface area (Å²) in [6, 6.07) is 5.39. The number of benzene rings is 1. The molecule has 1 aliphatic heterocycles. The van der Waals surface area contributed by atoms with Gasteiger partial charge in [-0.15, -0.1) is 0 Å². The molecule has 4 nitrogen and oxygen atoms in total. The minimum atomic E-state index is -0.602. The first-order chi connectivity index (χ1) is 10.5. The predicted octanol–water partition coefficient (Wildman–Crippen LogP) is 3.36. The fourth-order valence-electron chi connectivity index (χ4n) is 2.72. The minimum Gasteiger partial charge on any atom is -0.479 e. The Morgan fingerprint density at radius 1 is 1.50 bits per heavy atom. The predicted molar refractivity (Wildman–Crippen MR) is 89.8 cm³/mol. The van der Waals surface area contributed by atoms with Crippen molar-refractivity contribution in [2.45, 2.75) is 38.8 Å². The van der Waals surface area contributed by atoms with Crippen LogP contribution in [0.1, 0.15) is 26.7 Å². The van der Waals surface area contributed by atoms with Gasteiger partial charge in [0.25, 0.3) is 5.91 Å². The number of likely N-dealkylation sites (N-methyl/N-ethyl adjacent to an activating group) is 1. The molecule has 0 unspecified atom stereocenters. The van der Waals surface area contributed by atoms with E-state index in [9.17, 15) is 4.79 Å². The number of carbonyl (C=O) groups excluding carboxylic acids is 1. The number of nitrogens with one attached hydrogen (secondary N) is 1. The van der Waals surface area contributed by atoms with E-state index in [1.54, 1.807) is 25.1 Å². The van der Waals surface area contributed by atoms with Crippen LogP contribution in [0.15, 0.2) is 18.2 Å². The van der Waals surface area contributed by atoms with E-state index in [-0.39, 0.29) is 5.91 Å². The molecule has 0 saturated carbocycles. The molecule has 2 rings (SSSR count). The highest BCUT2D eigenvalue weighted by Gasteiger charge is 2.24. The van der Waals surface area contributed by atoms with E-state index in [2.05, 4.69) is 17.1 Å². The second-order valence-electron chi connectivity index (χ2n) is 5.50. The lowest BCUT2D eigenvalue weighted by atomic mass is 10.2. The van der Waals surface area contributed by atoms with Gasteiger partial charge >= 0.3 is 0 Å². The molecule has 1 fully saturated rings. The van der Waals surface area contributed by atoms with Gasteiger partial charge in [0.2, 0.25) is 0 Å². The van der Waals surface area contributed by atoms with E-state index in [1.807, 2.05) is 0 Å². The zero-order chi connectivity index (χ0) is 16.1. The summed E-state index contributed by atoms with van der Waals surface area (Å²) in [6.07, 6.45) is 1.72. The van der Waals surface area contributed by atoms with Gasteiger partial charge in [-0.3, -0.25) is 9.69 Å². The summed E-state index contributed by atoms with van der Waals surface area (Å²) in [5.41, 5.74) is 0. The van der Waals surface area contributed by atoms with Crippen molar-refractivity contribution in [2.24, 2.45) is 0 Å². The molecule has 0 radical (unpaired) electrons. The lowest BCUT2D eigenvalue weighted by Crippen LogP contribution is -2.44. The van der Waals surface area contributed by atoms with Crippen molar-refractivity contribution in [3.05, 3.63) is 28.2 Å². The normalized spacial score (nSPS) is 19.9. The van der Waals surface area contributed by atoms with Gasteiger partial charge in [0.15, 0.2) is 6.10 Å². The maximum atomic E-state index is 12.2. The van der Waals surface area contributed by atoms with Gasteiger partial charge in [0, 0.05) is 17.6 Å². The fourth-order valence-corrected chi connectivity index (χ4v) is 3.17. The lowest BCUT2D eigenvalue weighted by Gasteiger charge is -2.24. The summed E-state index contributed by atoms with van der Waals surface area (Å²) in [6.45, 7) is 6.66. The molecule has 1 N–H and O–H groups in total. The highest BCUT2D eigenvalue weighted by atomic mass is 35.5. The van der Waals surface area contributed by atoms with E-state index in [1.165, 1.54) is 6.42 Å². The minimum absolute atomic E-state index is 0.131. The second-order valence-corrected chi connectivity index (χ2v) is 6.35. The summed E-state index contributed by atoms with van der Waals surface area (Å²) in [5.74, 6) is 0.332. The zero-order valence-electron chi connectivity index (χ0n) is 12.9. The molecule has 1 aliphatic rings. The number of halogens is 2. The molecule has 1 heterocycles. The van der Waals surface area contributed by atoms with Gasteiger partial charge in [0.05, 0.1) is 5.02 Å². The topological polar surface area (TPSA) is 41.6 Å². The van der Waals surface area contributed by atoms with Gasteiger partial charge < -0.3 is 10.1 Å². The number of amides is 1. The molecule has 1 aromatic carbocycles. The van der Waals surface area contributed by atoms with Crippen molar-refractivity contribution in [2.75, 3.05) is 19.6 Å². The van der Waals surface area contributed by atoms with Crippen LogP contribution in [0.3, 0.4) is 0 Å². The third-order valence-corrected chi connectivity index (χ3v) is 4.51. The summed E-state index contributed by atoms with van der Waals surface area (Å²) >= 11 is 11.9. The first-order valence-electron chi connectivity index (χ1n) is 7.64. The Kier molecular flexibility index (Phi) is 6.36. The summed E-state index contributed by atoms with van der Waals surface area (Å²) < 4.78 is 5.61. The fraction of sp³-hybridized carbons (Fsp3) is 0.562. The van der Waals surface area contributed by atoms with Crippen LogP contribution in [0.2, 0.25) is 10.0 Å². The first kappa shape index (κ1) is 17.4. The first-order valence-corrected chi connectivity index (χ1v) is 8.40. The molecule has 1 saturated heterocycles. The van der Waals surface area contributed by atoms with Crippen LogP contribution in [0.4, 0.5) is 0 Å². The smallest absolute Gasteiger partial charge is 0.260 e. The third kappa shape index (κ3) is 4.51. The zero-order valence-corrected chi connectivity index (χ0v) is 14.5. The largest absolute Gasteiger partial charge is 0.479 e. The molecular weight excluding hydrogens is 323 g/mol. The van der Waals surface area contributed by atoms with Gasteiger partial charge in [0.1, 0.15) is 5.75 Å². The number of ether oxygens (including phenoxy) is 1. The van der Waals surface area contributed by atoms with E-state index < -0.39 is 6.10 Å². The molecule has 1 aromatic rings. The second kappa shape index (κ2) is 8.04. The molecule has 0 aromatic heterocycles. The number of hydrogen-bond donors (Lipinski definition) is 1. The van der Waals surface area contributed by atoms with Crippen LogP contribution >= 0.6 is 23.2 Å². The van der Waals surface area contributed by atoms with Gasteiger partial charge in [-0.05, 0) is 51.1 Å². The quantitative estimate of drug-likeness (QED) is 0.860. The summed E-state index contributed by atoms with van der Waals surface area (Å²) in [7, 11) is 0. The van der Waals surface area contributed by atoms with Gasteiger partial charge in [-0.1, -0.05) is 30.1 Å². The molecule has 0 aliphatic carbocycles. The van der Waals surface area contributed by atoms with Crippen molar-refractivity contribution in [3.63, 3.8) is 0 Å². The molecule has 2 atom stereocenters. The Hall–Kier alpha value is -0.970. The standard InChI is InChI=1S/C16H22Cl2N2O2/c1-3-20-8-4-5-13(20)10-19-16(21)11(2)22-15-7-6-12(17)9-14(15)18/h6-7,9,11,13H,3-5,8,10H2,1-2H3,(H,19,21)/t11-,13+/m0/s1. The molecule has 0 bridgehead atoms. The van der Waals surface area contributed by atoms with Crippen LogP contribution in [-0.4, -0.2) is 42.6 Å². The van der Waals surface area contributed by atoms with Crippen LogP contribution < -0.4 is 10.1 Å². The number of carbonyl (C=O) groups is 1. The van der Waals surface area contributed by atoms with Gasteiger partial charge in [-0.25, -0.2) is 0 Å². The maximum Gasteiger partial charge on any atom is 0.260 e. The Morgan fingerprint density at radius 3 is 2.95 bits per heavy atom. The number of nitrogens with zero attached hydrogens (tertiary/aromatic N) is 1. The van der Waals surface area contributed by atoms with Crippen LogP contribution in [0, 0.1) is 0 Å². The van der Waals surface area contributed by atoms with E-state index >= 15 is 0 Å². The molecule has 6 heteroatoms. The van der Waals surface area contributed by atoms with Crippen LogP contribution in [-0.2, 0) is 4.79 Å².